The molecule has 2 atom stereocenters. The Balaban J connectivity index is 2.20. The van der Waals surface area contributed by atoms with Crippen LogP contribution < -0.4 is 5.32 Å². The van der Waals surface area contributed by atoms with Crippen LogP contribution in [0.25, 0.3) is 0 Å². The van der Waals surface area contributed by atoms with Crippen LogP contribution in [-0.4, -0.2) is 34.6 Å². The van der Waals surface area contributed by atoms with Gasteiger partial charge in [-0.15, -0.1) is 11.8 Å². The molecule has 0 fully saturated rings. The van der Waals surface area contributed by atoms with E-state index in [0.717, 1.165) is 11.3 Å². The summed E-state index contributed by atoms with van der Waals surface area (Å²) in [5, 5.41) is 3.98. The Morgan fingerprint density at radius 1 is 1.00 bits per heavy atom. The minimum absolute atomic E-state index is 0.0380. The highest BCUT2D eigenvalue weighted by molar-refractivity contribution is 7.99. The molecule has 0 aliphatic carbocycles. The predicted molar refractivity (Wildman–Crippen MR) is 131 cm³/mol. The second-order valence-corrected chi connectivity index (χ2v) is 9.36. The zero-order valence-electron chi connectivity index (χ0n) is 18.2. The van der Waals surface area contributed by atoms with Gasteiger partial charge >= 0.3 is 0 Å². The maximum atomic E-state index is 13.3. The molecule has 0 aromatic heterocycles. The van der Waals surface area contributed by atoms with Crippen LogP contribution in [0.2, 0.25) is 10.0 Å². The molecule has 0 spiro atoms. The molecule has 0 saturated heterocycles. The van der Waals surface area contributed by atoms with Gasteiger partial charge in [0.1, 0.15) is 6.04 Å². The standard InChI is InChI=1S/C24H30Cl2N2O2S/c1-4-17(3)27-24(30)22(5-2)28(16-19-20(25)12-9-13-21(19)26)23(29)14-15-31-18-10-7-6-8-11-18/h6-13,17,22H,4-5,14-16H2,1-3H3,(H,27,30)/t17-,22-/m1/s1. The van der Waals surface area contributed by atoms with E-state index in [9.17, 15) is 9.59 Å². The van der Waals surface area contributed by atoms with Gasteiger partial charge in [-0.3, -0.25) is 9.59 Å². The molecule has 4 nitrogen and oxygen atoms in total. The third-order valence-electron chi connectivity index (χ3n) is 5.10. The van der Waals surface area contributed by atoms with Crippen LogP contribution >= 0.6 is 35.0 Å². The Kier molecular flexibility index (Phi) is 10.7. The van der Waals surface area contributed by atoms with Gasteiger partial charge in [-0.05, 0) is 44.0 Å². The highest BCUT2D eigenvalue weighted by Crippen LogP contribution is 2.28. The summed E-state index contributed by atoms with van der Waals surface area (Å²) in [6.45, 7) is 6.07. The Hall–Kier alpha value is -1.69. The molecule has 0 radical (unpaired) electrons. The van der Waals surface area contributed by atoms with Crippen molar-refractivity contribution in [3.8, 4) is 0 Å². The van der Waals surface area contributed by atoms with Gasteiger partial charge in [-0.25, -0.2) is 0 Å². The van der Waals surface area contributed by atoms with Gasteiger partial charge in [0.2, 0.25) is 11.8 Å². The number of carbonyl (C=O) groups is 2. The van der Waals surface area contributed by atoms with E-state index >= 15 is 0 Å². The molecule has 0 aliphatic rings. The number of carbonyl (C=O) groups excluding carboxylic acids is 2. The monoisotopic (exact) mass is 480 g/mol. The zero-order valence-corrected chi connectivity index (χ0v) is 20.6. The molecular weight excluding hydrogens is 451 g/mol. The van der Waals surface area contributed by atoms with Crippen molar-refractivity contribution in [2.45, 2.75) is 63.6 Å². The van der Waals surface area contributed by atoms with E-state index in [0.29, 0.717) is 34.2 Å². The molecule has 0 bridgehead atoms. The number of hydrogen-bond acceptors (Lipinski definition) is 3. The van der Waals surface area contributed by atoms with E-state index < -0.39 is 6.04 Å². The maximum Gasteiger partial charge on any atom is 0.243 e. The highest BCUT2D eigenvalue weighted by atomic mass is 35.5. The minimum atomic E-state index is -0.587. The largest absolute Gasteiger partial charge is 0.352 e. The molecule has 2 amide bonds. The third-order valence-corrected chi connectivity index (χ3v) is 6.83. The molecule has 7 heteroatoms. The summed E-state index contributed by atoms with van der Waals surface area (Å²) in [5.41, 5.74) is 0.657. The fourth-order valence-electron chi connectivity index (χ4n) is 3.13. The minimum Gasteiger partial charge on any atom is -0.352 e. The summed E-state index contributed by atoms with van der Waals surface area (Å²) in [6, 6.07) is 14.7. The predicted octanol–water partition coefficient (Wildman–Crippen LogP) is 6.20. The first-order valence-corrected chi connectivity index (χ1v) is 12.3. The Bertz CT molecular complexity index is 844. The molecule has 0 saturated carbocycles. The van der Waals surface area contributed by atoms with Crippen molar-refractivity contribution >= 4 is 46.8 Å². The van der Waals surface area contributed by atoms with Crippen molar-refractivity contribution in [3.63, 3.8) is 0 Å². The van der Waals surface area contributed by atoms with Crippen LogP contribution in [-0.2, 0) is 16.1 Å². The molecular formula is C24H30Cl2N2O2S. The van der Waals surface area contributed by atoms with Crippen molar-refractivity contribution in [1.82, 2.24) is 10.2 Å². The lowest BCUT2D eigenvalue weighted by atomic mass is 10.1. The molecule has 168 valence electrons. The fraction of sp³-hybridized carbons (Fsp3) is 0.417. The quantitative estimate of drug-likeness (QED) is 0.389. The van der Waals surface area contributed by atoms with Gasteiger partial charge in [-0.2, -0.15) is 0 Å². The summed E-state index contributed by atoms with van der Waals surface area (Å²) in [6.07, 6.45) is 1.64. The van der Waals surface area contributed by atoms with Crippen LogP contribution in [0.15, 0.2) is 53.4 Å². The summed E-state index contributed by atoms with van der Waals surface area (Å²) in [5.74, 6) is 0.383. The van der Waals surface area contributed by atoms with Gasteiger partial charge in [0.05, 0.1) is 0 Å². The van der Waals surface area contributed by atoms with Crippen molar-refractivity contribution in [2.24, 2.45) is 0 Å². The lowest BCUT2D eigenvalue weighted by Gasteiger charge is -2.32. The van der Waals surface area contributed by atoms with Gasteiger partial charge in [-0.1, -0.05) is 61.3 Å². The Morgan fingerprint density at radius 2 is 1.65 bits per heavy atom. The van der Waals surface area contributed by atoms with Crippen molar-refractivity contribution < 1.29 is 9.59 Å². The van der Waals surface area contributed by atoms with E-state index in [-0.39, 0.29) is 24.4 Å². The molecule has 2 aromatic carbocycles. The number of nitrogens with one attached hydrogen (secondary N) is 1. The lowest BCUT2D eigenvalue weighted by Crippen LogP contribution is -2.50. The maximum absolute atomic E-state index is 13.3. The molecule has 31 heavy (non-hydrogen) atoms. The first-order valence-electron chi connectivity index (χ1n) is 10.6. The van der Waals surface area contributed by atoms with Crippen LogP contribution in [0.1, 0.15) is 45.6 Å². The molecule has 2 rings (SSSR count). The number of benzene rings is 2. The Morgan fingerprint density at radius 3 is 2.23 bits per heavy atom. The van der Waals surface area contributed by atoms with Crippen molar-refractivity contribution in [2.75, 3.05) is 5.75 Å². The number of thioether (sulfide) groups is 1. The highest BCUT2D eigenvalue weighted by Gasteiger charge is 2.30. The zero-order chi connectivity index (χ0) is 22.8. The van der Waals surface area contributed by atoms with E-state index in [1.165, 1.54) is 0 Å². The lowest BCUT2D eigenvalue weighted by molar-refractivity contribution is -0.141. The van der Waals surface area contributed by atoms with E-state index in [1.54, 1.807) is 34.9 Å². The number of nitrogens with zero attached hydrogens (tertiary/aromatic N) is 1. The SMILES string of the molecule is CC[C@@H](C)NC(=O)[C@@H](CC)N(Cc1c(Cl)cccc1Cl)C(=O)CCSc1ccccc1. The van der Waals surface area contributed by atoms with Crippen LogP contribution in [0, 0.1) is 0 Å². The summed E-state index contributed by atoms with van der Waals surface area (Å²) in [4.78, 5) is 29.0. The van der Waals surface area contributed by atoms with Gasteiger partial charge < -0.3 is 10.2 Å². The van der Waals surface area contributed by atoms with E-state index in [1.807, 2.05) is 51.1 Å². The van der Waals surface area contributed by atoms with Crippen LogP contribution in [0.3, 0.4) is 0 Å². The van der Waals surface area contributed by atoms with E-state index in [4.69, 9.17) is 23.2 Å². The smallest absolute Gasteiger partial charge is 0.243 e. The van der Waals surface area contributed by atoms with Gasteiger partial charge in [0.15, 0.2) is 0 Å². The van der Waals surface area contributed by atoms with Crippen LogP contribution in [0.4, 0.5) is 0 Å². The van der Waals surface area contributed by atoms with Crippen molar-refractivity contribution in [3.05, 3.63) is 64.1 Å². The number of rotatable bonds is 11. The van der Waals surface area contributed by atoms with Gasteiger partial charge in [0.25, 0.3) is 0 Å². The Labute approximate surface area is 199 Å². The summed E-state index contributed by atoms with van der Waals surface area (Å²) >= 11 is 14.4. The second-order valence-electron chi connectivity index (χ2n) is 7.38. The average Bonchev–Trinajstić information content (AvgIpc) is 2.76. The normalized spacial score (nSPS) is 12.8. The number of hydrogen-bond donors (Lipinski definition) is 1. The topological polar surface area (TPSA) is 49.4 Å². The number of halogens is 2. The molecule has 1 N–H and O–H groups in total. The summed E-state index contributed by atoms with van der Waals surface area (Å²) in [7, 11) is 0. The second kappa shape index (κ2) is 13.0. The summed E-state index contributed by atoms with van der Waals surface area (Å²) < 4.78 is 0. The average molecular weight is 481 g/mol. The molecule has 2 aromatic rings. The third kappa shape index (κ3) is 7.74. The molecule has 0 unspecified atom stereocenters. The first kappa shape index (κ1) is 25.6. The molecule has 0 heterocycles. The van der Waals surface area contributed by atoms with E-state index in [2.05, 4.69) is 5.32 Å². The van der Waals surface area contributed by atoms with Crippen molar-refractivity contribution in [1.29, 1.82) is 0 Å². The van der Waals surface area contributed by atoms with Crippen LogP contribution in [0.5, 0.6) is 0 Å². The van der Waals surface area contributed by atoms with Gasteiger partial charge in [0, 0.05) is 45.3 Å². The number of amides is 2. The fourth-order valence-corrected chi connectivity index (χ4v) is 4.51. The first-order chi connectivity index (χ1) is 14.9. The molecule has 0 aliphatic heterocycles.